The van der Waals surface area contributed by atoms with Gasteiger partial charge < -0.3 is 15.5 Å². The Kier molecular flexibility index (Phi) is 2.76. The summed E-state index contributed by atoms with van der Waals surface area (Å²) < 4.78 is 6.45. The second-order valence-corrected chi connectivity index (χ2v) is 6.61. The number of pyridine rings is 2. The van der Waals surface area contributed by atoms with Crippen LogP contribution in [-0.2, 0) is 0 Å². The van der Waals surface area contributed by atoms with Crippen molar-refractivity contribution in [3.05, 3.63) is 24.5 Å². The molecule has 6 rings (SSSR count). The van der Waals surface area contributed by atoms with Crippen molar-refractivity contribution in [2.75, 3.05) is 25.4 Å². The van der Waals surface area contributed by atoms with Crippen molar-refractivity contribution in [2.24, 2.45) is 5.92 Å². The number of ether oxygens (including phenoxy) is 1. The number of hydrogen-bond acceptors (Lipinski definition) is 5. The first-order valence-electron chi connectivity index (χ1n) is 8.19. The van der Waals surface area contributed by atoms with Gasteiger partial charge in [-0.3, -0.25) is 4.90 Å². The molecule has 23 heavy (non-hydrogen) atoms. The molecule has 0 aromatic carbocycles. The van der Waals surface area contributed by atoms with E-state index >= 15 is 0 Å². The summed E-state index contributed by atoms with van der Waals surface area (Å²) in [6.07, 6.45) is 6.30. The lowest BCUT2D eigenvalue weighted by atomic mass is 9.86. The van der Waals surface area contributed by atoms with Gasteiger partial charge in [-0.25, -0.2) is 9.97 Å². The minimum Gasteiger partial charge on any atom is -0.488 e. The molecule has 0 radical (unpaired) electrons. The number of anilines is 1. The molecule has 3 aliphatic rings. The molecule has 0 saturated carbocycles. The molecular formula is C17H19N5O. The van der Waals surface area contributed by atoms with Gasteiger partial charge in [-0.1, -0.05) is 0 Å². The van der Waals surface area contributed by atoms with E-state index in [0.717, 1.165) is 34.2 Å². The summed E-state index contributed by atoms with van der Waals surface area (Å²) in [5.41, 5.74) is 7.63. The third-order valence-electron chi connectivity index (χ3n) is 5.23. The van der Waals surface area contributed by atoms with Gasteiger partial charge in [0.05, 0.1) is 17.1 Å². The highest BCUT2D eigenvalue weighted by molar-refractivity contribution is 6.09. The van der Waals surface area contributed by atoms with Crippen molar-refractivity contribution in [1.29, 1.82) is 0 Å². The number of nitrogen functional groups attached to an aromatic ring is 1. The van der Waals surface area contributed by atoms with Gasteiger partial charge in [0, 0.05) is 18.1 Å². The molecule has 6 heterocycles. The second-order valence-electron chi connectivity index (χ2n) is 6.61. The fourth-order valence-electron chi connectivity index (χ4n) is 4.01. The van der Waals surface area contributed by atoms with E-state index in [4.69, 9.17) is 10.5 Å². The number of aromatic nitrogens is 3. The zero-order valence-electron chi connectivity index (χ0n) is 12.8. The first-order chi connectivity index (χ1) is 11.3. The minimum absolute atomic E-state index is 0.271. The predicted octanol–water partition coefficient (Wildman–Crippen LogP) is 2.17. The molecule has 3 aromatic rings. The fraction of sp³-hybridized carbons (Fsp3) is 0.412. The smallest absolute Gasteiger partial charge is 0.142 e. The Labute approximate surface area is 133 Å². The van der Waals surface area contributed by atoms with E-state index in [9.17, 15) is 0 Å². The minimum atomic E-state index is 0.271. The topological polar surface area (TPSA) is 80.1 Å². The average Bonchev–Trinajstić information content (AvgIpc) is 2.95. The van der Waals surface area contributed by atoms with Crippen molar-refractivity contribution >= 4 is 27.8 Å². The molecular weight excluding hydrogens is 290 g/mol. The van der Waals surface area contributed by atoms with Gasteiger partial charge in [-0.05, 0) is 44.0 Å². The van der Waals surface area contributed by atoms with Crippen molar-refractivity contribution in [3.8, 4) is 5.75 Å². The van der Waals surface area contributed by atoms with E-state index < -0.39 is 0 Å². The standard InChI is InChI=1S/C17H19N5O/c18-15-7-11-12(8-20-15)21-17-16(11)13(1-4-19-17)23-14-9-22-5-2-10(14)3-6-22/h1,4,7-8,10,14H,2-3,5-6,9H2,(H2,18,20)(H,19,21)/t14-/m1/s1. The number of rotatable bonds is 2. The Morgan fingerprint density at radius 3 is 2.91 bits per heavy atom. The zero-order chi connectivity index (χ0) is 15.4. The van der Waals surface area contributed by atoms with Crippen LogP contribution in [0.1, 0.15) is 12.8 Å². The lowest BCUT2D eigenvalue weighted by Gasteiger charge is -2.44. The first-order valence-corrected chi connectivity index (χ1v) is 8.19. The third kappa shape index (κ3) is 2.05. The Morgan fingerprint density at radius 2 is 2.13 bits per heavy atom. The molecule has 2 bridgehead atoms. The summed E-state index contributed by atoms with van der Waals surface area (Å²) in [4.78, 5) is 14.4. The summed E-state index contributed by atoms with van der Waals surface area (Å²) in [5, 5.41) is 2.03. The van der Waals surface area contributed by atoms with Gasteiger partial charge in [0.2, 0.25) is 0 Å². The third-order valence-corrected chi connectivity index (χ3v) is 5.23. The Morgan fingerprint density at radius 1 is 1.26 bits per heavy atom. The molecule has 3 aliphatic heterocycles. The molecule has 3 N–H and O–H groups in total. The molecule has 118 valence electrons. The highest BCUT2D eigenvalue weighted by atomic mass is 16.5. The average molecular weight is 309 g/mol. The van der Waals surface area contributed by atoms with Gasteiger partial charge in [0.1, 0.15) is 23.3 Å². The maximum absolute atomic E-state index is 6.45. The number of aromatic amines is 1. The van der Waals surface area contributed by atoms with Gasteiger partial charge >= 0.3 is 0 Å². The lowest BCUT2D eigenvalue weighted by molar-refractivity contribution is -0.00700. The highest BCUT2D eigenvalue weighted by Gasteiger charge is 2.35. The van der Waals surface area contributed by atoms with E-state index in [2.05, 4.69) is 19.9 Å². The highest BCUT2D eigenvalue weighted by Crippen LogP contribution is 2.36. The summed E-state index contributed by atoms with van der Waals surface area (Å²) in [6, 6.07) is 3.85. The molecule has 0 unspecified atom stereocenters. The van der Waals surface area contributed by atoms with Crippen LogP contribution in [0.4, 0.5) is 5.82 Å². The molecule has 1 atom stereocenters. The van der Waals surface area contributed by atoms with Crippen LogP contribution < -0.4 is 10.5 Å². The van der Waals surface area contributed by atoms with E-state index in [1.54, 1.807) is 12.4 Å². The van der Waals surface area contributed by atoms with Crippen LogP contribution >= 0.6 is 0 Å². The largest absolute Gasteiger partial charge is 0.488 e. The number of hydrogen-bond donors (Lipinski definition) is 2. The first kappa shape index (κ1) is 13.1. The monoisotopic (exact) mass is 309 g/mol. The molecule has 0 amide bonds. The Balaban J connectivity index is 1.60. The number of piperidine rings is 3. The number of nitrogens with two attached hydrogens (primary N) is 1. The van der Waals surface area contributed by atoms with Crippen molar-refractivity contribution < 1.29 is 4.74 Å². The summed E-state index contributed by atoms with van der Waals surface area (Å²) in [5.74, 6) is 2.07. The van der Waals surface area contributed by atoms with E-state index in [1.807, 2.05) is 12.1 Å². The van der Waals surface area contributed by atoms with E-state index in [0.29, 0.717) is 11.7 Å². The number of nitrogens with zero attached hydrogens (tertiary/aromatic N) is 3. The van der Waals surface area contributed by atoms with Crippen LogP contribution in [0.3, 0.4) is 0 Å². The van der Waals surface area contributed by atoms with Crippen molar-refractivity contribution in [3.63, 3.8) is 0 Å². The fourth-order valence-corrected chi connectivity index (χ4v) is 4.01. The van der Waals surface area contributed by atoms with Crippen molar-refractivity contribution in [2.45, 2.75) is 18.9 Å². The lowest BCUT2D eigenvalue weighted by Crippen LogP contribution is -2.52. The molecule has 3 aromatic heterocycles. The van der Waals surface area contributed by atoms with E-state index in [1.165, 1.54) is 25.9 Å². The van der Waals surface area contributed by atoms with Crippen LogP contribution in [0, 0.1) is 5.92 Å². The quantitative estimate of drug-likeness (QED) is 0.758. The Bertz CT molecular complexity index is 881. The number of nitrogens with one attached hydrogen (secondary N) is 1. The summed E-state index contributed by atoms with van der Waals surface area (Å²) in [7, 11) is 0. The molecule has 3 fully saturated rings. The molecule has 6 nitrogen and oxygen atoms in total. The van der Waals surface area contributed by atoms with Crippen LogP contribution in [0.5, 0.6) is 5.75 Å². The molecule has 3 saturated heterocycles. The summed E-state index contributed by atoms with van der Waals surface area (Å²) in [6.45, 7) is 3.46. The Hall–Kier alpha value is -2.34. The van der Waals surface area contributed by atoms with Gasteiger partial charge in [-0.15, -0.1) is 0 Å². The van der Waals surface area contributed by atoms with Crippen LogP contribution in [0.2, 0.25) is 0 Å². The van der Waals surface area contributed by atoms with Gasteiger partial charge in [0.25, 0.3) is 0 Å². The maximum Gasteiger partial charge on any atom is 0.142 e. The van der Waals surface area contributed by atoms with Gasteiger partial charge in [0.15, 0.2) is 0 Å². The molecule has 0 aliphatic carbocycles. The second kappa shape index (κ2) is 4.83. The van der Waals surface area contributed by atoms with Crippen LogP contribution in [-0.4, -0.2) is 45.6 Å². The predicted molar refractivity (Wildman–Crippen MR) is 89.4 cm³/mol. The molecule has 6 heteroatoms. The van der Waals surface area contributed by atoms with E-state index in [-0.39, 0.29) is 6.10 Å². The van der Waals surface area contributed by atoms with Crippen LogP contribution in [0.25, 0.3) is 21.9 Å². The maximum atomic E-state index is 6.45. The number of H-pyrrole nitrogens is 1. The van der Waals surface area contributed by atoms with Crippen molar-refractivity contribution in [1.82, 2.24) is 19.9 Å². The van der Waals surface area contributed by atoms with Crippen LogP contribution in [0.15, 0.2) is 24.5 Å². The number of fused-ring (bicyclic) bond motifs is 6. The molecule has 0 spiro atoms. The van der Waals surface area contributed by atoms with Gasteiger partial charge in [-0.2, -0.15) is 0 Å². The normalized spacial score (nSPS) is 26.9. The zero-order valence-corrected chi connectivity index (χ0v) is 12.8. The summed E-state index contributed by atoms with van der Waals surface area (Å²) >= 11 is 0. The SMILES string of the molecule is Nc1cc2c(cn1)[nH]c1nccc(O[C@@H]3CN4CCC3CC4)c12.